The van der Waals surface area contributed by atoms with Crippen LogP contribution in [-0.4, -0.2) is 27.5 Å². The molecule has 0 heterocycles. The van der Waals surface area contributed by atoms with E-state index in [-0.39, 0.29) is 24.0 Å². The molecule has 0 bridgehead atoms. The Morgan fingerprint density at radius 1 is 1.04 bits per heavy atom. The number of hydrogen-bond acceptors (Lipinski definition) is 4. The lowest BCUT2D eigenvalue weighted by Crippen LogP contribution is -2.28. The summed E-state index contributed by atoms with van der Waals surface area (Å²) >= 11 is 0. The van der Waals surface area contributed by atoms with Gasteiger partial charge in [0.25, 0.3) is 0 Å². The Morgan fingerprint density at radius 3 is 2.28 bits per heavy atom. The standard InChI is InChI=1S/C18H22N2O4S/c1-14-3-7-17(8-4-14)24-12-11-20-25(22,23)18-9-5-16(6-10-18)13-19-15(2)21/h3-10,20H,11-13H2,1-2H3,(H,19,21). The number of ether oxygens (including phenoxy) is 1. The van der Waals surface area contributed by atoms with Crippen LogP contribution in [0.3, 0.4) is 0 Å². The van der Waals surface area contributed by atoms with Gasteiger partial charge in [-0.1, -0.05) is 29.8 Å². The predicted molar refractivity (Wildman–Crippen MR) is 95.8 cm³/mol. The highest BCUT2D eigenvalue weighted by atomic mass is 32.2. The molecule has 2 aromatic carbocycles. The Morgan fingerprint density at radius 2 is 1.68 bits per heavy atom. The molecule has 0 atom stereocenters. The maximum absolute atomic E-state index is 12.2. The van der Waals surface area contributed by atoms with Crippen molar-refractivity contribution in [3.63, 3.8) is 0 Å². The molecule has 0 unspecified atom stereocenters. The molecule has 0 aliphatic heterocycles. The normalized spacial score (nSPS) is 11.1. The number of amides is 1. The first-order valence-electron chi connectivity index (χ1n) is 7.89. The van der Waals surface area contributed by atoms with Crippen LogP contribution in [0.2, 0.25) is 0 Å². The van der Waals surface area contributed by atoms with E-state index in [0.29, 0.717) is 12.3 Å². The van der Waals surface area contributed by atoms with Crippen molar-refractivity contribution < 1.29 is 17.9 Å². The van der Waals surface area contributed by atoms with Crippen molar-refractivity contribution in [1.29, 1.82) is 0 Å². The van der Waals surface area contributed by atoms with Gasteiger partial charge >= 0.3 is 0 Å². The van der Waals surface area contributed by atoms with Crippen LogP contribution in [-0.2, 0) is 21.4 Å². The second-order valence-corrected chi connectivity index (χ2v) is 7.38. The molecule has 25 heavy (non-hydrogen) atoms. The Labute approximate surface area is 148 Å². The SMILES string of the molecule is CC(=O)NCc1ccc(S(=O)(=O)NCCOc2ccc(C)cc2)cc1. The van der Waals surface area contributed by atoms with Crippen molar-refractivity contribution in [2.24, 2.45) is 0 Å². The van der Waals surface area contributed by atoms with Crippen LogP contribution < -0.4 is 14.8 Å². The highest BCUT2D eigenvalue weighted by Crippen LogP contribution is 2.12. The number of hydrogen-bond donors (Lipinski definition) is 2. The van der Waals surface area contributed by atoms with E-state index in [9.17, 15) is 13.2 Å². The fourth-order valence-corrected chi connectivity index (χ4v) is 3.09. The summed E-state index contributed by atoms with van der Waals surface area (Å²) in [4.78, 5) is 11.1. The monoisotopic (exact) mass is 362 g/mol. The minimum atomic E-state index is -3.59. The van der Waals surface area contributed by atoms with Crippen LogP contribution in [0.4, 0.5) is 0 Å². The van der Waals surface area contributed by atoms with Gasteiger partial charge in [0, 0.05) is 20.0 Å². The number of carbonyl (C=O) groups is 1. The Balaban J connectivity index is 1.84. The van der Waals surface area contributed by atoms with E-state index in [4.69, 9.17) is 4.74 Å². The van der Waals surface area contributed by atoms with Gasteiger partial charge in [0.15, 0.2) is 0 Å². The van der Waals surface area contributed by atoms with Gasteiger partial charge < -0.3 is 10.1 Å². The number of nitrogens with one attached hydrogen (secondary N) is 2. The highest BCUT2D eigenvalue weighted by molar-refractivity contribution is 7.89. The van der Waals surface area contributed by atoms with Crippen LogP contribution >= 0.6 is 0 Å². The summed E-state index contributed by atoms with van der Waals surface area (Å²) in [5.74, 6) is 0.569. The summed E-state index contributed by atoms with van der Waals surface area (Å²) in [6.07, 6.45) is 0. The van der Waals surface area contributed by atoms with Crippen LogP contribution in [0.25, 0.3) is 0 Å². The maximum Gasteiger partial charge on any atom is 0.240 e. The summed E-state index contributed by atoms with van der Waals surface area (Å²) in [6, 6.07) is 13.9. The molecule has 0 spiro atoms. The minimum absolute atomic E-state index is 0.132. The van der Waals surface area contributed by atoms with E-state index in [2.05, 4.69) is 10.0 Å². The molecule has 2 N–H and O–H groups in total. The second-order valence-electron chi connectivity index (χ2n) is 5.61. The predicted octanol–water partition coefficient (Wildman–Crippen LogP) is 1.99. The van der Waals surface area contributed by atoms with Crippen molar-refractivity contribution in [3.05, 3.63) is 59.7 Å². The molecule has 0 aliphatic rings. The van der Waals surface area contributed by atoms with Gasteiger partial charge in [0.1, 0.15) is 12.4 Å². The van der Waals surface area contributed by atoms with Crippen LogP contribution in [0.1, 0.15) is 18.1 Å². The molecule has 7 heteroatoms. The zero-order valence-corrected chi connectivity index (χ0v) is 15.1. The molecular formula is C18H22N2O4S. The molecule has 0 radical (unpaired) electrons. The van der Waals surface area contributed by atoms with Gasteiger partial charge in [-0.3, -0.25) is 4.79 Å². The Hall–Kier alpha value is -2.38. The minimum Gasteiger partial charge on any atom is -0.492 e. The molecule has 0 aliphatic carbocycles. The lowest BCUT2D eigenvalue weighted by molar-refractivity contribution is -0.119. The third-order valence-electron chi connectivity index (χ3n) is 3.46. The van der Waals surface area contributed by atoms with E-state index < -0.39 is 10.0 Å². The third-order valence-corrected chi connectivity index (χ3v) is 4.94. The summed E-state index contributed by atoms with van der Waals surface area (Å²) in [7, 11) is -3.59. The van der Waals surface area contributed by atoms with Crippen LogP contribution in [0.15, 0.2) is 53.4 Å². The van der Waals surface area contributed by atoms with E-state index in [0.717, 1.165) is 11.1 Å². The van der Waals surface area contributed by atoms with Gasteiger partial charge in [0.2, 0.25) is 15.9 Å². The number of sulfonamides is 1. The first-order chi connectivity index (χ1) is 11.9. The average molecular weight is 362 g/mol. The quantitative estimate of drug-likeness (QED) is 0.704. The number of benzene rings is 2. The zero-order valence-electron chi connectivity index (χ0n) is 14.3. The highest BCUT2D eigenvalue weighted by Gasteiger charge is 2.13. The molecule has 2 aromatic rings. The van der Waals surface area contributed by atoms with Crippen molar-refractivity contribution in [2.75, 3.05) is 13.2 Å². The first-order valence-corrected chi connectivity index (χ1v) is 9.38. The number of rotatable bonds is 8. The average Bonchev–Trinajstić information content (AvgIpc) is 2.59. The molecular weight excluding hydrogens is 340 g/mol. The summed E-state index contributed by atoms with van der Waals surface area (Å²) in [5, 5.41) is 2.66. The topological polar surface area (TPSA) is 84.5 Å². The molecule has 0 fully saturated rings. The fraction of sp³-hybridized carbons (Fsp3) is 0.278. The second kappa shape index (κ2) is 8.64. The summed E-state index contributed by atoms with van der Waals surface area (Å²) in [5.41, 5.74) is 1.96. The van der Waals surface area contributed by atoms with Gasteiger partial charge in [0.05, 0.1) is 4.90 Å². The number of carbonyl (C=O) groups excluding carboxylic acids is 1. The lowest BCUT2D eigenvalue weighted by Gasteiger charge is -2.09. The zero-order chi connectivity index (χ0) is 18.3. The van der Waals surface area contributed by atoms with Crippen molar-refractivity contribution in [1.82, 2.24) is 10.0 Å². The van der Waals surface area contributed by atoms with E-state index in [1.165, 1.54) is 19.1 Å². The van der Waals surface area contributed by atoms with Gasteiger partial charge in [-0.25, -0.2) is 13.1 Å². The van der Waals surface area contributed by atoms with E-state index in [1.54, 1.807) is 12.1 Å². The molecule has 1 amide bonds. The third kappa shape index (κ3) is 6.21. The van der Waals surface area contributed by atoms with Crippen molar-refractivity contribution in [3.8, 4) is 5.75 Å². The molecule has 6 nitrogen and oxygen atoms in total. The van der Waals surface area contributed by atoms with Gasteiger partial charge in [-0.15, -0.1) is 0 Å². The largest absolute Gasteiger partial charge is 0.492 e. The van der Waals surface area contributed by atoms with Gasteiger partial charge in [-0.05, 0) is 36.8 Å². The van der Waals surface area contributed by atoms with Crippen molar-refractivity contribution >= 4 is 15.9 Å². The van der Waals surface area contributed by atoms with E-state index >= 15 is 0 Å². The summed E-state index contributed by atoms with van der Waals surface area (Å²) in [6.45, 7) is 4.20. The van der Waals surface area contributed by atoms with Gasteiger partial charge in [-0.2, -0.15) is 0 Å². The smallest absolute Gasteiger partial charge is 0.240 e. The summed E-state index contributed by atoms with van der Waals surface area (Å²) < 4.78 is 32.5. The lowest BCUT2D eigenvalue weighted by atomic mass is 10.2. The molecule has 134 valence electrons. The molecule has 0 aromatic heterocycles. The Kier molecular flexibility index (Phi) is 6.55. The van der Waals surface area contributed by atoms with E-state index in [1.807, 2.05) is 31.2 Å². The molecule has 0 saturated carbocycles. The Bertz CT molecular complexity index is 800. The maximum atomic E-state index is 12.2. The first kappa shape index (κ1) is 19.0. The van der Waals surface area contributed by atoms with Crippen LogP contribution in [0, 0.1) is 6.92 Å². The molecule has 0 saturated heterocycles. The number of aryl methyl sites for hydroxylation is 1. The molecule has 2 rings (SSSR count). The fourth-order valence-electron chi connectivity index (χ4n) is 2.08. The van der Waals surface area contributed by atoms with Crippen molar-refractivity contribution in [2.45, 2.75) is 25.3 Å². The van der Waals surface area contributed by atoms with Crippen LogP contribution in [0.5, 0.6) is 5.75 Å².